The lowest BCUT2D eigenvalue weighted by molar-refractivity contribution is -0.120. The Morgan fingerprint density at radius 3 is 2.74 bits per heavy atom. The molecule has 0 fully saturated rings. The van der Waals surface area contributed by atoms with Gasteiger partial charge in [-0.15, -0.1) is 11.3 Å². The van der Waals surface area contributed by atoms with Crippen LogP contribution < -0.4 is 15.4 Å². The number of carbonyl (C=O) groups is 2. The van der Waals surface area contributed by atoms with Crippen molar-refractivity contribution in [3.05, 3.63) is 70.4 Å². The molecule has 2 N–H and O–H groups in total. The van der Waals surface area contributed by atoms with Crippen molar-refractivity contribution in [3.63, 3.8) is 0 Å². The number of benzene rings is 1. The molecule has 1 aromatic carbocycles. The second kappa shape index (κ2) is 8.50. The van der Waals surface area contributed by atoms with Crippen LogP contribution in [-0.4, -0.2) is 35.0 Å². The van der Waals surface area contributed by atoms with Crippen LogP contribution in [0.3, 0.4) is 0 Å². The number of imidazole rings is 1. The monoisotopic (exact) mass is 384 g/mol. The number of nitrogens with one attached hydrogen (secondary N) is 2. The van der Waals surface area contributed by atoms with Gasteiger partial charge in [-0.2, -0.15) is 0 Å². The van der Waals surface area contributed by atoms with Gasteiger partial charge in [-0.1, -0.05) is 24.3 Å². The fourth-order valence-electron chi connectivity index (χ4n) is 2.71. The molecule has 0 bridgehead atoms. The zero-order chi connectivity index (χ0) is 19.2. The Balaban J connectivity index is 1.77. The van der Waals surface area contributed by atoms with E-state index in [2.05, 4.69) is 15.6 Å². The number of hydrogen-bond donors (Lipinski definition) is 2. The molecule has 0 spiro atoms. The molecule has 0 aliphatic heterocycles. The Kier molecular flexibility index (Phi) is 5.87. The molecule has 2 aromatic heterocycles. The van der Waals surface area contributed by atoms with Gasteiger partial charge in [-0.25, -0.2) is 4.98 Å². The minimum Gasteiger partial charge on any atom is -0.496 e. The highest BCUT2D eigenvalue weighted by Crippen LogP contribution is 2.28. The Labute approximate surface area is 161 Å². The summed E-state index contributed by atoms with van der Waals surface area (Å²) >= 11 is 1.32. The summed E-state index contributed by atoms with van der Waals surface area (Å²) in [5.74, 6) is 0.718. The lowest BCUT2D eigenvalue weighted by Gasteiger charge is -2.21. The van der Waals surface area contributed by atoms with Crippen molar-refractivity contribution >= 4 is 23.2 Å². The highest BCUT2D eigenvalue weighted by molar-refractivity contribution is 7.12. The smallest absolute Gasteiger partial charge is 0.261 e. The van der Waals surface area contributed by atoms with Gasteiger partial charge in [0, 0.05) is 25.0 Å². The maximum Gasteiger partial charge on any atom is 0.261 e. The van der Waals surface area contributed by atoms with Crippen molar-refractivity contribution in [1.82, 2.24) is 20.2 Å². The van der Waals surface area contributed by atoms with E-state index in [0.29, 0.717) is 16.5 Å². The van der Waals surface area contributed by atoms with Gasteiger partial charge in [-0.3, -0.25) is 9.59 Å². The molecule has 3 rings (SSSR count). The lowest BCUT2D eigenvalue weighted by atomic mass is 10.0. The highest BCUT2D eigenvalue weighted by Gasteiger charge is 2.24. The molecule has 7 nitrogen and oxygen atoms in total. The van der Waals surface area contributed by atoms with E-state index in [1.54, 1.807) is 25.4 Å². The number of aromatic nitrogens is 2. The van der Waals surface area contributed by atoms with Crippen molar-refractivity contribution in [2.45, 2.75) is 6.04 Å². The van der Waals surface area contributed by atoms with E-state index in [0.717, 1.165) is 5.56 Å². The highest BCUT2D eigenvalue weighted by atomic mass is 32.1. The van der Waals surface area contributed by atoms with Gasteiger partial charge >= 0.3 is 0 Å². The number of nitrogens with zero attached hydrogens (tertiary/aromatic N) is 2. The fraction of sp³-hybridized carbons (Fsp3) is 0.211. The number of hydrogen-bond acceptors (Lipinski definition) is 5. The van der Waals surface area contributed by atoms with Crippen LogP contribution >= 0.6 is 11.3 Å². The minimum atomic E-state index is -0.507. The Morgan fingerprint density at radius 2 is 2.07 bits per heavy atom. The van der Waals surface area contributed by atoms with E-state index >= 15 is 0 Å². The minimum absolute atomic E-state index is 0.132. The largest absolute Gasteiger partial charge is 0.496 e. The predicted molar refractivity (Wildman–Crippen MR) is 103 cm³/mol. The summed E-state index contributed by atoms with van der Waals surface area (Å²) < 4.78 is 7.27. The van der Waals surface area contributed by atoms with Crippen LogP contribution in [0.15, 0.2) is 54.2 Å². The van der Waals surface area contributed by atoms with Crippen LogP contribution in [0.5, 0.6) is 5.75 Å². The molecule has 0 saturated carbocycles. The maximum absolute atomic E-state index is 12.5. The van der Waals surface area contributed by atoms with Gasteiger partial charge in [-0.05, 0) is 17.5 Å². The van der Waals surface area contributed by atoms with E-state index in [9.17, 15) is 9.59 Å². The average molecular weight is 384 g/mol. The molecular weight excluding hydrogens is 364 g/mol. The number of thiophene rings is 1. The van der Waals surface area contributed by atoms with E-state index in [1.807, 2.05) is 47.5 Å². The van der Waals surface area contributed by atoms with E-state index in [1.165, 1.54) is 11.3 Å². The maximum atomic E-state index is 12.5. The van der Waals surface area contributed by atoms with Crippen LogP contribution in [0.25, 0.3) is 0 Å². The second-order valence-corrected chi connectivity index (χ2v) is 6.75. The topological polar surface area (TPSA) is 85.2 Å². The number of para-hydroxylation sites is 1. The molecule has 1 atom stereocenters. The van der Waals surface area contributed by atoms with Crippen LogP contribution in [0, 0.1) is 0 Å². The molecule has 8 heteroatoms. The third-order valence-electron chi connectivity index (χ3n) is 4.03. The van der Waals surface area contributed by atoms with Crippen molar-refractivity contribution in [2.75, 3.05) is 13.7 Å². The number of methoxy groups -OCH3 is 1. The Bertz CT molecular complexity index is 921. The van der Waals surface area contributed by atoms with E-state index in [4.69, 9.17) is 4.74 Å². The molecule has 0 radical (unpaired) electrons. The van der Waals surface area contributed by atoms with Crippen molar-refractivity contribution < 1.29 is 14.3 Å². The van der Waals surface area contributed by atoms with Crippen LogP contribution in [0.1, 0.15) is 27.1 Å². The summed E-state index contributed by atoms with van der Waals surface area (Å²) in [5.41, 5.74) is 0.784. The molecule has 2 amide bonds. The number of ether oxygens (including phenoxy) is 1. The summed E-state index contributed by atoms with van der Waals surface area (Å²) in [6.07, 6.45) is 3.48. The van der Waals surface area contributed by atoms with Crippen molar-refractivity contribution in [2.24, 2.45) is 7.05 Å². The third-order valence-corrected chi connectivity index (χ3v) is 4.90. The van der Waals surface area contributed by atoms with Gasteiger partial charge in [0.05, 0.1) is 18.5 Å². The van der Waals surface area contributed by atoms with Crippen molar-refractivity contribution in [1.29, 1.82) is 0 Å². The van der Waals surface area contributed by atoms with Gasteiger partial charge in [0.15, 0.2) is 0 Å². The van der Waals surface area contributed by atoms with Crippen LogP contribution in [-0.2, 0) is 11.8 Å². The molecule has 2 heterocycles. The SMILES string of the molecule is COc1ccccc1C(NC(=O)CNC(=O)c1cccs1)c1nccn1C. The summed E-state index contributed by atoms with van der Waals surface area (Å²) in [7, 11) is 3.44. The summed E-state index contributed by atoms with van der Waals surface area (Å²) in [4.78, 5) is 29.5. The van der Waals surface area contributed by atoms with E-state index < -0.39 is 6.04 Å². The standard InChI is InChI=1S/C19H20N4O3S/c1-23-10-9-20-18(23)17(13-6-3-4-7-14(13)26-2)22-16(24)12-21-19(25)15-8-5-11-27-15/h3-11,17H,12H2,1-2H3,(H,21,25)(H,22,24). The van der Waals surface area contributed by atoms with Crippen LogP contribution in [0.2, 0.25) is 0 Å². The third kappa shape index (κ3) is 4.35. The molecule has 1 unspecified atom stereocenters. The van der Waals surface area contributed by atoms with Crippen molar-refractivity contribution in [3.8, 4) is 5.75 Å². The Morgan fingerprint density at radius 1 is 1.26 bits per heavy atom. The van der Waals surface area contributed by atoms with Gasteiger partial charge < -0.3 is 19.9 Å². The predicted octanol–water partition coefficient (Wildman–Crippen LogP) is 2.13. The number of aryl methyl sites for hydroxylation is 1. The number of carbonyl (C=O) groups excluding carboxylic acids is 2. The first-order chi connectivity index (χ1) is 13.1. The molecular formula is C19H20N4O3S. The number of rotatable bonds is 7. The molecule has 140 valence electrons. The lowest BCUT2D eigenvalue weighted by Crippen LogP contribution is -2.39. The molecule has 3 aromatic rings. The zero-order valence-electron chi connectivity index (χ0n) is 15.0. The fourth-order valence-corrected chi connectivity index (χ4v) is 3.35. The first-order valence-corrected chi connectivity index (χ1v) is 9.19. The van der Waals surface area contributed by atoms with Gasteiger partial charge in [0.1, 0.15) is 17.6 Å². The summed E-state index contributed by atoms with van der Waals surface area (Å²) in [5, 5.41) is 7.38. The zero-order valence-corrected chi connectivity index (χ0v) is 15.8. The summed E-state index contributed by atoms with van der Waals surface area (Å²) in [6.45, 7) is -0.132. The first-order valence-electron chi connectivity index (χ1n) is 8.31. The van der Waals surface area contributed by atoms with Crippen LogP contribution in [0.4, 0.5) is 0 Å². The molecule has 27 heavy (non-hydrogen) atoms. The second-order valence-electron chi connectivity index (χ2n) is 5.80. The Hall–Kier alpha value is -3.13. The van der Waals surface area contributed by atoms with E-state index in [-0.39, 0.29) is 18.4 Å². The first kappa shape index (κ1) is 18.7. The molecule has 0 aliphatic carbocycles. The quantitative estimate of drug-likeness (QED) is 0.653. The average Bonchev–Trinajstić information content (AvgIpc) is 3.36. The van der Waals surface area contributed by atoms with Gasteiger partial charge in [0.2, 0.25) is 5.91 Å². The molecule has 0 aliphatic rings. The summed E-state index contributed by atoms with van der Waals surface area (Å²) in [6, 6.07) is 10.4. The number of amides is 2. The van der Waals surface area contributed by atoms with Gasteiger partial charge in [0.25, 0.3) is 5.91 Å². The normalized spacial score (nSPS) is 11.6. The molecule has 0 saturated heterocycles.